The van der Waals surface area contributed by atoms with Crippen molar-refractivity contribution in [3.63, 3.8) is 0 Å². The number of fused-ring (bicyclic) bond motifs is 1. The van der Waals surface area contributed by atoms with Gasteiger partial charge in [0.05, 0.1) is 15.7 Å². The molecule has 0 spiro atoms. The SMILES string of the molecule is CC(=O)N(C)c1cc(Cl)c(COc2cccn3cc(C)nc23)c(Cl)c1. The van der Waals surface area contributed by atoms with E-state index in [1.807, 2.05) is 35.9 Å². The van der Waals surface area contributed by atoms with Gasteiger partial charge in [0.1, 0.15) is 6.61 Å². The smallest absolute Gasteiger partial charge is 0.223 e. The Kier molecular flexibility index (Phi) is 4.88. The van der Waals surface area contributed by atoms with Crippen LogP contribution in [0.15, 0.2) is 36.7 Å². The zero-order valence-corrected chi connectivity index (χ0v) is 15.6. The maximum atomic E-state index is 11.5. The third kappa shape index (κ3) is 3.57. The number of pyridine rings is 1. The highest BCUT2D eigenvalue weighted by Crippen LogP contribution is 2.32. The second-order valence-electron chi connectivity index (χ2n) is 5.74. The third-order valence-corrected chi connectivity index (χ3v) is 4.60. The number of carbonyl (C=O) groups excluding carboxylic acids is 1. The number of nitrogens with zero attached hydrogens (tertiary/aromatic N) is 3. The normalized spacial score (nSPS) is 10.9. The summed E-state index contributed by atoms with van der Waals surface area (Å²) in [6.45, 7) is 3.61. The number of hydrogen-bond acceptors (Lipinski definition) is 3. The summed E-state index contributed by atoms with van der Waals surface area (Å²) in [6.07, 6.45) is 3.84. The minimum atomic E-state index is -0.0995. The van der Waals surface area contributed by atoms with E-state index >= 15 is 0 Å². The minimum Gasteiger partial charge on any atom is -0.485 e. The zero-order chi connectivity index (χ0) is 18.1. The molecule has 0 N–H and O–H groups in total. The lowest BCUT2D eigenvalue weighted by molar-refractivity contribution is -0.116. The van der Waals surface area contributed by atoms with Crippen LogP contribution >= 0.6 is 23.2 Å². The molecule has 1 amide bonds. The Bertz CT molecular complexity index is 930. The molecule has 0 bridgehead atoms. The van der Waals surface area contributed by atoms with Gasteiger partial charge in [0.25, 0.3) is 0 Å². The molecule has 25 heavy (non-hydrogen) atoms. The number of anilines is 1. The van der Waals surface area contributed by atoms with E-state index < -0.39 is 0 Å². The molecule has 0 saturated carbocycles. The molecule has 0 fully saturated rings. The predicted octanol–water partition coefficient (Wildman–Crippen LogP) is 4.51. The van der Waals surface area contributed by atoms with Crippen molar-refractivity contribution in [1.29, 1.82) is 0 Å². The van der Waals surface area contributed by atoms with Gasteiger partial charge in [-0.3, -0.25) is 4.79 Å². The van der Waals surface area contributed by atoms with Crippen LogP contribution < -0.4 is 9.64 Å². The van der Waals surface area contributed by atoms with Crippen LogP contribution in [-0.2, 0) is 11.4 Å². The summed E-state index contributed by atoms with van der Waals surface area (Å²) in [5.41, 5.74) is 2.94. The number of imidazole rings is 1. The van der Waals surface area contributed by atoms with E-state index in [-0.39, 0.29) is 12.5 Å². The van der Waals surface area contributed by atoms with Gasteiger partial charge in [-0.05, 0) is 31.2 Å². The minimum absolute atomic E-state index is 0.0995. The van der Waals surface area contributed by atoms with Crippen LogP contribution in [0, 0.1) is 6.92 Å². The number of halogens is 2. The maximum absolute atomic E-state index is 11.5. The van der Waals surface area contributed by atoms with E-state index in [2.05, 4.69) is 4.98 Å². The van der Waals surface area contributed by atoms with Crippen molar-refractivity contribution in [2.24, 2.45) is 0 Å². The second-order valence-corrected chi connectivity index (χ2v) is 6.55. The summed E-state index contributed by atoms with van der Waals surface area (Å²) in [4.78, 5) is 17.4. The standard InChI is InChI=1S/C18H17Cl2N3O2/c1-11-9-23-6-4-5-17(18(23)21-11)25-10-14-15(19)7-13(8-16(14)20)22(3)12(2)24/h4-9H,10H2,1-3H3. The highest BCUT2D eigenvalue weighted by Gasteiger charge is 2.14. The van der Waals surface area contributed by atoms with Gasteiger partial charge in [0.15, 0.2) is 11.4 Å². The molecule has 7 heteroatoms. The van der Waals surface area contributed by atoms with Crippen LogP contribution in [0.1, 0.15) is 18.2 Å². The van der Waals surface area contributed by atoms with Crippen molar-refractivity contribution < 1.29 is 9.53 Å². The topological polar surface area (TPSA) is 46.8 Å². The van der Waals surface area contributed by atoms with Gasteiger partial charge in [0, 0.05) is 37.6 Å². The average Bonchev–Trinajstić information content (AvgIpc) is 2.94. The number of amides is 1. The molecule has 2 heterocycles. The molecule has 3 rings (SSSR count). The number of rotatable bonds is 4. The Labute approximate surface area is 155 Å². The van der Waals surface area contributed by atoms with Gasteiger partial charge < -0.3 is 14.0 Å². The Morgan fingerprint density at radius 3 is 2.64 bits per heavy atom. The van der Waals surface area contributed by atoms with Gasteiger partial charge in [-0.1, -0.05) is 23.2 Å². The largest absolute Gasteiger partial charge is 0.485 e. The van der Waals surface area contributed by atoms with Crippen LogP contribution in [0.2, 0.25) is 10.0 Å². The van der Waals surface area contributed by atoms with E-state index in [1.165, 1.54) is 11.8 Å². The highest BCUT2D eigenvalue weighted by atomic mass is 35.5. The lowest BCUT2D eigenvalue weighted by Crippen LogP contribution is -2.22. The van der Waals surface area contributed by atoms with Crippen LogP contribution in [0.3, 0.4) is 0 Å². The summed E-state index contributed by atoms with van der Waals surface area (Å²) in [5, 5.41) is 0.893. The van der Waals surface area contributed by atoms with Crippen molar-refractivity contribution in [2.45, 2.75) is 20.5 Å². The van der Waals surface area contributed by atoms with Gasteiger partial charge >= 0.3 is 0 Å². The van der Waals surface area contributed by atoms with Gasteiger partial charge in [-0.2, -0.15) is 0 Å². The highest BCUT2D eigenvalue weighted by molar-refractivity contribution is 6.36. The summed E-state index contributed by atoms with van der Waals surface area (Å²) in [5.74, 6) is 0.546. The molecule has 0 atom stereocenters. The fraction of sp³-hybridized carbons (Fsp3) is 0.222. The number of carbonyl (C=O) groups is 1. The summed E-state index contributed by atoms with van der Waals surface area (Å²) >= 11 is 12.7. The molecular weight excluding hydrogens is 361 g/mol. The van der Waals surface area contributed by atoms with Crippen molar-refractivity contribution in [2.75, 3.05) is 11.9 Å². The number of aryl methyl sites for hydroxylation is 1. The molecule has 0 aliphatic heterocycles. The van der Waals surface area contributed by atoms with Gasteiger partial charge in [0.2, 0.25) is 5.91 Å². The predicted molar refractivity (Wildman–Crippen MR) is 99.8 cm³/mol. The second kappa shape index (κ2) is 6.94. The molecule has 0 aliphatic carbocycles. The maximum Gasteiger partial charge on any atom is 0.223 e. The average molecular weight is 378 g/mol. The monoisotopic (exact) mass is 377 g/mol. The zero-order valence-electron chi connectivity index (χ0n) is 14.1. The first-order chi connectivity index (χ1) is 11.9. The Balaban J connectivity index is 1.87. The fourth-order valence-electron chi connectivity index (χ4n) is 2.48. The molecule has 1 aromatic carbocycles. The Morgan fingerprint density at radius 2 is 2.00 bits per heavy atom. The van der Waals surface area contributed by atoms with E-state index in [1.54, 1.807) is 19.2 Å². The molecule has 130 valence electrons. The van der Waals surface area contributed by atoms with Crippen molar-refractivity contribution in [3.05, 3.63) is 58.0 Å². The summed E-state index contributed by atoms with van der Waals surface area (Å²) < 4.78 is 7.80. The molecule has 0 saturated heterocycles. The quantitative estimate of drug-likeness (QED) is 0.671. The molecule has 0 radical (unpaired) electrons. The number of benzene rings is 1. The van der Waals surface area contributed by atoms with Crippen molar-refractivity contribution in [1.82, 2.24) is 9.38 Å². The van der Waals surface area contributed by atoms with Crippen LogP contribution in [-0.4, -0.2) is 22.3 Å². The number of hydrogen-bond donors (Lipinski definition) is 0. The first kappa shape index (κ1) is 17.6. The van der Waals surface area contributed by atoms with E-state index in [9.17, 15) is 4.79 Å². The van der Waals surface area contributed by atoms with Crippen molar-refractivity contribution in [3.8, 4) is 5.75 Å². The molecule has 5 nitrogen and oxygen atoms in total. The third-order valence-electron chi connectivity index (χ3n) is 3.92. The van der Waals surface area contributed by atoms with Gasteiger partial charge in [-0.25, -0.2) is 4.98 Å². The molecule has 2 aromatic heterocycles. The van der Waals surface area contributed by atoms with E-state index in [0.717, 1.165) is 11.3 Å². The molecule has 3 aromatic rings. The summed E-state index contributed by atoms with van der Waals surface area (Å²) in [7, 11) is 1.67. The first-order valence-electron chi connectivity index (χ1n) is 7.66. The number of aromatic nitrogens is 2. The van der Waals surface area contributed by atoms with Crippen LogP contribution in [0.5, 0.6) is 5.75 Å². The Morgan fingerprint density at radius 1 is 1.32 bits per heavy atom. The van der Waals surface area contributed by atoms with Crippen LogP contribution in [0.25, 0.3) is 5.65 Å². The van der Waals surface area contributed by atoms with E-state index in [0.29, 0.717) is 27.0 Å². The molecule has 0 aliphatic rings. The molecule has 0 unspecified atom stereocenters. The Hall–Kier alpha value is -2.24. The number of ether oxygens (including phenoxy) is 1. The first-order valence-corrected chi connectivity index (χ1v) is 8.41. The molecular formula is C18H17Cl2N3O2. The van der Waals surface area contributed by atoms with E-state index in [4.69, 9.17) is 27.9 Å². The fourth-order valence-corrected chi connectivity index (χ4v) is 3.06. The lowest BCUT2D eigenvalue weighted by atomic mass is 10.2. The summed E-state index contributed by atoms with van der Waals surface area (Å²) in [6, 6.07) is 7.14. The van der Waals surface area contributed by atoms with Crippen molar-refractivity contribution >= 4 is 40.4 Å². The van der Waals surface area contributed by atoms with Crippen LogP contribution in [0.4, 0.5) is 5.69 Å². The van der Waals surface area contributed by atoms with Gasteiger partial charge in [-0.15, -0.1) is 0 Å². The lowest BCUT2D eigenvalue weighted by Gasteiger charge is -2.18.